The molecule has 0 spiro atoms. The second kappa shape index (κ2) is 12.5. The van der Waals surface area contributed by atoms with Crippen LogP contribution in [0.1, 0.15) is 53.9 Å². The number of ether oxygens (including phenoxy) is 2. The molecule has 180 valence electrons. The summed E-state index contributed by atoms with van der Waals surface area (Å²) in [5.41, 5.74) is -0.457. The van der Waals surface area contributed by atoms with Gasteiger partial charge in [-0.1, -0.05) is 13.8 Å². The molecule has 0 aliphatic carbocycles. The number of carbonyl (C=O) groups is 1. The maximum atomic E-state index is 12.4. The Morgan fingerprint density at radius 2 is 1.90 bits per heavy atom. The van der Waals surface area contributed by atoms with Crippen LogP contribution in [0.5, 0.6) is 0 Å². The lowest BCUT2D eigenvalue weighted by atomic mass is 9.98. The summed E-state index contributed by atoms with van der Waals surface area (Å²) in [5, 5.41) is 7.00. The van der Waals surface area contributed by atoms with Crippen LogP contribution in [0.2, 0.25) is 0 Å². The third-order valence-electron chi connectivity index (χ3n) is 5.76. The lowest BCUT2D eigenvalue weighted by molar-refractivity contribution is 0.0132. The van der Waals surface area contributed by atoms with Crippen LogP contribution in [0, 0.1) is 11.8 Å². The van der Waals surface area contributed by atoms with Crippen molar-refractivity contribution < 1.29 is 14.3 Å². The van der Waals surface area contributed by atoms with E-state index < -0.39 is 5.60 Å². The average Bonchev–Trinajstić information content (AvgIpc) is 2.72. The third kappa shape index (κ3) is 9.64. The lowest BCUT2D eigenvalue weighted by Gasteiger charge is -2.36. The largest absolute Gasteiger partial charge is 0.444 e. The molecule has 0 saturated carbocycles. The number of nitrogens with one attached hydrogen (secondary N) is 2. The highest BCUT2D eigenvalue weighted by atomic mass is 16.6. The van der Waals surface area contributed by atoms with Gasteiger partial charge in [-0.05, 0) is 51.9 Å². The molecule has 1 amide bonds. The number of piperidine rings is 1. The fourth-order valence-electron chi connectivity index (χ4n) is 4.25. The van der Waals surface area contributed by atoms with Gasteiger partial charge in [-0.15, -0.1) is 0 Å². The lowest BCUT2D eigenvalue weighted by Crippen LogP contribution is -2.52. The molecule has 0 radical (unpaired) electrons. The normalized spacial score (nSPS) is 22.4. The number of hydrogen-bond donors (Lipinski definition) is 2. The monoisotopic (exact) mass is 439 g/mol. The van der Waals surface area contributed by atoms with Crippen molar-refractivity contribution in [1.29, 1.82) is 0 Å². The zero-order valence-corrected chi connectivity index (χ0v) is 20.6. The zero-order valence-electron chi connectivity index (χ0n) is 20.6. The summed E-state index contributed by atoms with van der Waals surface area (Å²) in [5.74, 6) is 1.87. The number of amides is 1. The number of aliphatic imine (C=N–C) groups is 1. The molecule has 2 heterocycles. The second-order valence-corrected chi connectivity index (χ2v) is 10.2. The van der Waals surface area contributed by atoms with Gasteiger partial charge in [-0.3, -0.25) is 9.89 Å². The van der Waals surface area contributed by atoms with Crippen molar-refractivity contribution >= 4 is 12.1 Å². The molecular weight excluding hydrogens is 394 g/mol. The van der Waals surface area contributed by atoms with Crippen LogP contribution in [0.25, 0.3) is 0 Å². The molecule has 0 bridgehead atoms. The average molecular weight is 440 g/mol. The van der Waals surface area contributed by atoms with Crippen LogP contribution in [0.4, 0.5) is 4.79 Å². The van der Waals surface area contributed by atoms with Gasteiger partial charge in [0.05, 0.1) is 13.2 Å². The third-order valence-corrected chi connectivity index (χ3v) is 5.76. The fourth-order valence-corrected chi connectivity index (χ4v) is 4.25. The van der Waals surface area contributed by atoms with E-state index >= 15 is 0 Å². The van der Waals surface area contributed by atoms with Crippen molar-refractivity contribution in [2.45, 2.75) is 65.5 Å². The van der Waals surface area contributed by atoms with Gasteiger partial charge < -0.3 is 25.0 Å². The molecular formula is C23H45N5O3. The number of hydrogen-bond acceptors (Lipinski definition) is 5. The van der Waals surface area contributed by atoms with E-state index in [0.717, 1.165) is 77.7 Å². The van der Waals surface area contributed by atoms with Crippen molar-refractivity contribution in [3.8, 4) is 0 Å². The highest BCUT2D eigenvalue weighted by molar-refractivity contribution is 5.79. The van der Waals surface area contributed by atoms with Crippen LogP contribution in [0.3, 0.4) is 0 Å². The summed E-state index contributed by atoms with van der Waals surface area (Å²) in [6.45, 7) is 17.1. The number of carbonyl (C=O) groups excluding carboxylic acids is 1. The molecule has 2 N–H and O–H groups in total. The summed E-state index contributed by atoms with van der Waals surface area (Å²) < 4.78 is 11.1. The van der Waals surface area contributed by atoms with E-state index in [1.165, 1.54) is 0 Å². The molecule has 31 heavy (non-hydrogen) atoms. The van der Waals surface area contributed by atoms with Crippen molar-refractivity contribution in [1.82, 2.24) is 20.4 Å². The van der Waals surface area contributed by atoms with Gasteiger partial charge in [0.25, 0.3) is 0 Å². The second-order valence-electron chi connectivity index (χ2n) is 10.2. The Balaban J connectivity index is 1.80. The van der Waals surface area contributed by atoms with Crippen LogP contribution >= 0.6 is 0 Å². The standard InChI is InChI=1S/C23H45N5O3/c1-18(2)14-20(27-10-12-30-13-11-27)16-26-21(24-6)25-15-19-8-7-9-28(17-19)22(29)31-23(3,4)5/h18-20H,7-17H2,1-6H3,(H2,24,25,26). The Kier molecular flexibility index (Phi) is 10.4. The molecule has 2 aliphatic heterocycles. The van der Waals surface area contributed by atoms with E-state index in [2.05, 4.69) is 34.4 Å². The Labute approximate surface area is 189 Å². The molecule has 2 rings (SSSR count). The minimum Gasteiger partial charge on any atom is -0.444 e. The first kappa shape index (κ1) is 25.7. The van der Waals surface area contributed by atoms with Gasteiger partial charge in [-0.25, -0.2) is 4.79 Å². The van der Waals surface area contributed by atoms with E-state index in [0.29, 0.717) is 17.9 Å². The first-order valence-electron chi connectivity index (χ1n) is 11.9. The summed E-state index contributed by atoms with van der Waals surface area (Å²) >= 11 is 0. The highest BCUT2D eigenvalue weighted by Gasteiger charge is 2.28. The Hall–Kier alpha value is -1.54. The van der Waals surface area contributed by atoms with Gasteiger partial charge in [0, 0.05) is 52.4 Å². The molecule has 2 unspecified atom stereocenters. The predicted molar refractivity (Wildman–Crippen MR) is 126 cm³/mol. The van der Waals surface area contributed by atoms with Crippen molar-refractivity contribution in [2.75, 3.05) is 59.5 Å². The topological polar surface area (TPSA) is 78.4 Å². The summed E-state index contributed by atoms with van der Waals surface area (Å²) in [6.07, 6.45) is 3.05. The molecule has 2 saturated heterocycles. The maximum absolute atomic E-state index is 12.4. The van der Waals surface area contributed by atoms with Crippen LogP contribution in [-0.2, 0) is 9.47 Å². The van der Waals surface area contributed by atoms with Crippen molar-refractivity contribution in [2.24, 2.45) is 16.8 Å². The minimum absolute atomic E-state index is 0.207. The van der Waals surface area contributed by atoms with Crippen molar-refractivity contribution in [3.63, 3.8) is 0 Å². The Morgan fingerprint density at radius 1 is 1.19 bits per heavy atom. The predicted octanol–water partition coefficient (Wildman–Crippen LogP) is 2.55. The first-order chi connectivity index (χ1) is 14.7. The number of guanidine groups is 1. The quantitative estimate of drug-likeness (QED) is 0.469. The van der Waals surface area contributed by atoms with Gasteiger partial charge in [0.1, 0.15) is 5.60 Å². The zero-order chi connectivity index (χ0) is 22.9. The Morgan fingerprint density at radius 3 is 2.52 bits per heavy atom. The summed E-state index contributed by atoms with van der Waals surface area (Å²) in [7, 11) is 1.81. The number of rotatable bonds is 7. The number of morpholine rings is 1. The smallest absolute Gasteiger partial charge is 0.410 e. The molecule has 0 aromatic heterocycles. The van der Waals surface area contributed by atoms with Crippen LogP contribution < -0.4 is 10.6 Å². The summed E-state index contributed by atoms with van der Waals surface area (Å²) in [6, 6.07) is 0.472. The van der Waals surface area contributed by atoms with Gasteiger partial charge in [-0.2, -0.15) is 0 Å². The molecule has 2 atom stereocenters. The fraction of sp³-hybridized carbons (Fsp3) is 0.913. The van der Waals surface area contributed by atoms with E-state index in [1.807, 2.05) is 32.7 Å². The first-order valence-corrected chi connectivity index (χ1v) is 11.9. The highest BCUT2D eigenvalue weighted by Crippen LogP contribution is 2.19. The molecule has 8 nitrogen and oxygen atoms in total. The summed E-state index contributed by atoms with van der Waals surface area (Å²) in [4.78, 5) is 21.2. The number of likely N-dealkylation sites (tertiary alicyclic amines) is 1. The molecule has 0 aromatic carbocycles. The van der Waals surface area contributed by atoms with Crippen LogP contribution in [-0.4, -0.2) is 93.0 Å². The van der Waals surface area contributed by atoms with Gasteiger partial charge in [0.2, 0.25) is 0 Å². The van der Waals surface area contributed by atoms with Crippen molar-refractivity contribution in [3.05, 3.63) is 0 Å². The van der Waals surface area contributed by atoms with E-state index in [-0.39, 0.29) is 6.09 Å². The Bertz CT molecular complexity index is 570. The van der Waals surface area contributed by atoms with E-state index in [4.69, 9.17) is 9.47 Å². The SMILES string of the molecule is CN=C(NCC1CCCN(C(=O)OC(C)(C)C)C1)NCC(CC(C)C)N1CCOCC1. The van der Waals surface area contributed by atoms with E-state index in [9.17, 15) is 4.79 Å². The number of nitrogens with zero attached hydrogens (tertiary/aromatic N) is 3. The van der Waals surface area contributed by atoms with Gasteiger partial charge in [0.15, 0.2) is 5.96 Å². The molecule has 2 aliphatic rings. The van der Waals surface area contributed by atoms with Gasteiger partial charge >= 0.3 is 6.09 Å². The van der Waals surface area contributed by atoms with E-state index in [1.54, 1.807) is 0 Å². The maximum Gasteiger partial charge on any atom is 0.410 e. The minimum atomic E-state index is -0.457. The molecule has 8 heteroatoms. The molecule has 2 fully saturated rings. The van der Waals surface area contributed by atoms with Crippen LogP contribution in [0.15, 0.2) is 4.99 Å². The molecule has 0 aromatic rings.